The van der Waals surface area contributed by atoms with E-state index < -0.39 is 0 Å². The molecule has 2 rings (SSSR count). The van der Waals surface area contributed by atoms with Crippen LogP contribution in [0.15, 0.2) is 18.3 Å². The van der Waals surface area contributed by atoms with Crippen molar-refractivity contribution >= 4 is 17.4 Å². The predicted octanol–water partition coefficient (Wildman–Crippen LogP) is 3.59. The minimum Gasteiger partial charge on any atom is -0.383 e. The molecule has 1 heterocycles. The summed E-state index contributed by atoms with van der Waals surface area (Å²) in [4.78, 5) is 0. The van der Waals surface area contributed by atoms with Crippen LogP contribution in [-0.4, -0.2) is 9.78 Å². The zero-order valence-corrected chi connectivity index (χ0v) is 11.3. The molecule has 96 valence electrons. The van der Waals surface area contributed by atoms with Gasteiger partial charge in [0.15, 0.2) is 0 Å². The van der Waals surface area contributed by atoms with E-state index in [9.17, 15) is 4.39 Å². The molecule has 5 heteroatoms. The highest BCUT2D eigenvalue weighted by molar-refractivity contribution is 6.31. The molecular weight excluding hydrogens is 253 g/mol. The number of nitrogens with zero attached hydrogens (tertiary/aromatic N) is 2. The Balaban J connectivity index is 2.63. The van der Waals surface area contributed by atoms with E-state index in [-0.39, 0.29) is 16.8 Å². The minimum atomic E-state index is -0.363. The third kappa shape index (κ3) is 2.08. The minimum absolute atomic E-state index is 0.0559. The molecule has 0 aliphatic heterocycles. The molecule has 0 spiro atoms. The molecule has 0 amide bonds. The molecule has 0 aliphatic rings. The highest BCUT2D eigenvalue weighted by Gasteiger charge is 2.15. The lowest BCUT2D eigenvalue weighted by Gasteiger charge is -2.11. The smallest absolute Gasteiger partial charge is 0.145 e. The topological polar surface area (TPSA) is 43.8 Å². The van der Waals surface area contributed by atoms with Gasteiger partial charge < -0.3 is 5.73 Å². The molecule has 0 bridgehead atoms. The first-order chi connectivity index (χ1) is 8.41. The number of hydrogen-bond donors (Lipinski definition) is 1. The van der Waals surface area contributed by atoms with Crippen LogP contribution in [0, 0.1) is 5.82 Å². The molecule has 0 fully saturated rings. The lowest BCUT2D eigenvalue weighted by Crippen LogP contribution is -1.99. The van der Waals surface area contributed by atoms with Crippen molar-refractivity contribution in [2.45, 2.75) is 19.8 Å². The first-order valence-corrected chi connectivity index (χ1v) is 6.06. The van der Waals surface area contributed by atoms with Crippen molar-refractivity contribution in [1.29, 1.82) is 0 Å². The molecule has 0 saturated carbocycles. The maximum absolute atomic E-state index is 13.9. The van der Waals surface area contributed by atoms with Crippen molar-refractivity contribution < 1.29 is 4.39 Å². The Morgan fingerprint density at radius 1 is 1.39 bits per heavy atom. The molecule has 1 aromatic heterocycles. The van der Waals surface area contributed by atoms with Crippen LogP contribution in [0.5, 0.6) is 0 Å². The van der Waals surface area contributed by atoms with Gasteiger partial charge in [0.25, 0.3) is 0 Å². The number of aromatic nitrogens is 2. The Hall–Kier alpha value is -1.55. The van der Waals surface area contributed by atoms with Crippen LogP contribution in [0.4, 0.5) is 10.2 Å². The van der Waals surface area contributed by atoms with E-state index in [0.717, 1.165) is 11.1 Å². The predicted molar refractivity (Wildman–Crippen MR) is 72.1 cm³/mol. The van der Waals surface area contributed by atoms with Gasteiger partial charge in [-0.05, 0) is 29.2 Å². The van der Waals surface area contributed by atoms with Crippen molar-refractivity contribution in [2.24, 2.45) is 7.05 Å². The highest BCUT2D eigenvalue weighted by Crippen LogP contribution is 2.33. The Morgan fingerprint density at radius 2 is 2.06 bits per heavy atom. The molecule has 0 unspecified atom stereocenters. The van der Waals surface area contributed by atoms with E-state index in [0.29, 0.717) is 11.4 Å². The summed E-state index contributed by atoms with van der Waals surface area (Å²) in [5, 5.41) is 4.18. The number of benzene rings is 1. The fourth-order valence-electron chi connectivity index (χ4n) is 1.86. The van der Waals surface area contributed by atoms with Crippen LogP contribution in [0.1, 0.15) is 25.3 Å². The van der Waals surface area contributed by atoms with E-state index in [2.05, 4.69) is 5.10 Å². The fraction of sp³-hybridized carbons (Fsp3) is 0.308. The molecule has 2 aromatic rings. The molecule has 3 nitrogen and oxygen atoms in total. The summed E-state index contributed by atoms with van der Waals surface area (Å²) < 4.78 is 15.4. The van der Waals surface area contributed by atoms with Crippen molar-refractivity contribution in [1.82, 2.24) is 9.78 Å². The average molecular weight is 268 g/mol. The van der Waals surface area contributed by atoms with Gasteiger partial charge in [0.1, 0.15) is 11.6 Å². The van der Waals surface area contributed by atoms with Crippen LogP contribution in [-0.2, 0) is 7.05 Å². The maximum Gasteiger partial charge on any atom is 0.145 e. The van der Waals surface area contributed by atoms with Crippen molar-refractivity contribution in [2.75, 3.05) is 5.73 Å². The normalized spacial score (nSPS) is 11.2. The van der Waals surface area contributed by atoms with E-state index in [1.807, 2.05) is 13.8 Å². The molecule has 0 aliphatic carbocycles. The van der Waals surface area contributed by atoms with Gasteiger partial charge in [-0.1, -0.05) is 25.4 Å². The molecule has 0 radical (unpaired) electrons. The van der Waals surface area contributed by atoms with E-state index >= 15 is 0 Å². The number of anilines is 1. The van der Waals surface area contributed by atoms with E-state index in [4.69, 9.17) is 17.3 Å². The standard InChI is InChI=1S/C13H15ClFN3/c1-7(2)9-4-8(5-11(14)12(9)15)10-6-17-18(3)13(10)16/h4-7H,16H2,1-3H3. The van der Waals surface area contributed by atoms with Gasteiger partial charge in [0, 0.05) is 12.6 Å². The van der Waals surface area contributed by atoms with Crippen LogP contribution >= 0.6 is 11.6 Å². The van der Waals surface area contributed by atoms with Crippen molar-refractivity contribution in [3.8, 4) is 11.1 Å². The fourth-order valence-corrected chi connectivity index (χ4v) is 2.08. The number of hydrogen-bond acceptors (Lipinski definition) is 2. The zero-order chi connectivity index (χ0) is 13.4. The molecule has 0 saturated heterocycles. The second-order valence-electron chi connectivity index (χ2n) is 4.58. The number of rotatable bonds is 2. The third-order valence-electron chi connectivity index (χ3n) is 2.97. The largest absolute Gasteiger partial charge is 0.383 e. The first kappa shape index (κ1) is 12.9. The van der Waals surface area contributed by atoms with Gasteiger partial charge in [-0.2, -0.15) is 5.10 Å². The van der Waals surface area contributed by atoms with Gasteiger partial charge in [-0.15, -0.1) is 0 Å². The first-order valence-electron chi connectivity index (χ1n) is 5.68. The summed E-state index contributed by atoms with van der Waals surface area (Å²) in [5.41, 5.74) is 8.05. The number of aryl methyl sites for hydroxylation is 1. The van der Waals surface area contributed by atoms with Crippen LogP contribution in [0.2, 0.25) is 5.02 Å². The summed E-state index contributed by atoms with van der Waals surface area (Å²) in [7, 11) is 1.76. The van der Waals surface area contributed by atoms with Gasteiger partial charge in [0.2, 0.25) is 0 Å². The highest BCUT2D eigenvalue weighted by atomic mass is 35.5. The molecule has 0 atom stereocenters. The summed E-state index contributed by atoms with van der Waals surface area (Å²) in [5.74, 6) is 0.227. The Morgan fingerprint density at radius 3 is 2.56 bits per heavy atom. The number of halogens is 2. The third-order valence-corrected chi connectivity index (χ3v) is 3.25. The summed E-state index contributed by atoms with van der Waals surface area (Å²) in [6.07, 6.45) is 1.66. The maximum atomic E-state index is 13.9. The number of nitrogens with two attached hydrogens (primary N) is 1. The quantitative estimate of drug-likeness (QED) is 0.904. The SMILES string of the molecule is CC(C)c1cc(-c2cnn(C)c2N)cc(Cl)c1F. The summed E-state index contributed by atoms with van der Waals surface area (Å²) in [6, 6.07) is 3.36. The van der Waals surface area contributed by atoms with Gasteiger partial charge in [-0.25, -0.2) is 4.39 Å². The monoisotopic (exact) mass is 267 g/mol. The van der Waals surface area contributed by atoms with Crippen molar-refractivity contribution in [3.63, 3.8) is 0 Å². The van der Waals surface area contributed by atoms with Gasteiger partial charge in [0.05, 0.1) is 11.2 Å². The summed E-state index contributed by atoms with van der Waals surface area (Å²) in [6.45, 7) is 3.84. The molecule has 1 aromatic carbocycles. The lowest BCUT2D eigenvalue weighted by molar-refractivity contribution is 0.599. The zero-order valence-electron chi connectivity index (χ0n) is 10.5. The second kappa shape index (κ2) is 4.61. The lowest BCUT2D eigenvalue weighted by atomic mass is 9.97. The average Bonchev–Trinajstić information content (AvgIpc) is 2.63. The van der Waals surface area contributed by atoms with Crippen LogP contribution in [0.25, 0.3) is 11.1 Å². The summed E-state index contributed by atoms with van der Waals surface area (Å²) >= 11 is 5.93. The number of nitrogen functional groups attached to an aromatic ring is 1. The van der Waals surface area contributed by atoms with Crippen LogP contribution < -0.4 is 5.73 Å². The second-order valence-corrected chi connectivity index (χ2v) is 4.99. The molecular formula is C13H15ClFN3. The van der Waals surface area contributed by atoms with Crippen LogP contribution in [0.3, 0.4) is 0 Å². The Bertz CT molecular complexity index is 590. The Labute approximate surface area is 110 Å². The van der Waals surface area contributed by atoms with E-state index in [1.54, 1.807) is 30.1 Å². The Kier molecular flexibility index (Phi) is 3.30. The molecule has 18 heavy (non-hydrogen) atoms. The van der Waals surface area contributed by atoms with Gasteiger partial charge in [-0.3, -0.25) is 4.68 Å². The molecule has 2 N–H and O–H groups in total. The van der Waals surface area contributed by atoms with E-state index in [1.165, 1.54) is 0 Å². The van der Waals surface area contributed by atoms with Crippen molar-refractivity contribution in [3.05, 3.63) is 34.7 Å². The van der Waals surface area contributed by atoms with Gasteiger partial charge >= 0.3 is 0 Å².